The number of alkyl halides is 2. The fraction of sp³-hybridized carbons (Fsp3) is 0.395. The van der Waals surface area contributed by atoms with E-state index in [1.165, 1.54) is 3.97 Å². The molecule has 0 aliphatic carbocycles. The van der Waals surface area contributed by atoms with E-state index >= 15 is 0 Å². The molecule has 14 nitrogen and oxygen atoms in total. The molecule has 8 heterocycles. The number of hydrogen-bond acceptors (Lipinski definition) is 8. The van der Waals surface area contributed by atoms with E-state index in [2.05, 4.69) is 58.2 Å². The second-order valence-corrected chi connectivity index (χ2v) is 16.1. The molecule has 17 heteroatoms. The Morgan fingerprint density at radius 3 is 2.25 bits per heavy atom. The van der Waals surface area contributed by atoms with Gasteiger partial charge in [-0.15, -0.1) is 0 Å². The van der Waals surface area contributed by atoms with E-state index in [-0.39, 0.29) is 16.7 Å². The van der Waals surface area contributed by atoms with Gasteiger partial charge in [0.05, 0.1) is 34.9 Å². The molecular weight excluding hydrogens is 729 g/mol. The number of fused-ring (bicyclic) bond motifs is 6. The summed E-state index contributed by atoms with van der Waals surface area (Å²) < 4.78 is 56.6. The van der Waals surface area contributed by atoms with Crippen molar-refractivity contribution >= 4 is 49.7 Å². The monoisotopic (exact) mass is 771 g/mol. The number of aromatic nitrogens is 8. The van der Waals surface area contributed by atoms with Gasteiger partial charge in [0.25, 0.3) is 16.4 Å². The number of aromatic amines is 1. The highest BCUT2D eigenvalue weighted by molar-refractivity contribution is 7.90. The number of carbonyl (C=O) groups excluding carboxylic acids is 1. The van der Waals surface area contributed by atoms with Crippen molar-refractivity contribution in [3.63, 3.8) is 0 Å². The van der Waals surface area contributed by atoms with Gasteiger partial charge in [-0.3, -0.25) is 8.80 Å². The fourth-order valence-corrected chi connectivity index (χ4v) is 9.45. The van der Waals surface area contributed by atoms with Crippen molar-refractivity contribution in [2.75, 3.05) is 32.7 Å². The number of nitrogens with zero attached hydrogens (tertiary/aromatic N) is 8. The predicted octanol–water partition coefficient (Wildman–Crippen LogP) is 5.55. The average Bonchev–Trinajstić information content (AvgIpc) is 4.03. The first kappa shape index (κ1) is 36.6. The summed E-state index contributed by atoms with van der Waals surface area (Å²) in [7, 11) is -3.73. The summed E-state index contributed by atoms with van der Waals surface area (Å²) in [5.41, 5.74) is 7.50. The van der Waals surface area contributed by atoms with Gasteiger partial charge < -0.3 is 20.5 Å². The SMILES string of the molecule is CC[C@@H]1CN(C(=O)NCC(F)F)C[C@@H]1c1cnc2cnc3[nH]ccc3n12.CC[C@@H]1CNC[C@@H]1c1cnc2cnc3c(ccn3S(=O)(=O)c3ccc(C)cc3)n12. The van der Waals surface area contributed by atoms with Crippen molar-refractivity contribution in [1.82, 2.24) is 53.2 Å². The Hall–Kier alpha value is -5.42. The van der Waals surface area contributed by atoms with Crippen LogP contribution in [0.3, 0.4) is 0 Å². The highest BCUT2D eigenvalue weighted by atomic mass is 32.2. The second kappa shape index (κ2) is 14.7. The van der Waals surface area contributed by atoms with Crippen molar-refractivity contribution in [2.24, 2.45) is 11.8 Å². The Bertz CT molecular complexity index is 2600. The van der Waals surface area contributed by atoms with E-state index < -0.39 is 29.0 Å². The smallest absolute Gasteiger partial charge is 0.317 e. The minimum absolute atomic E-state index is 0.0906. The van der Waals surface area contributed by atoms with E-state index in [0.717, 1.165) is 70.9 Å². The lowest BCUT2D eigenvalue weighted by Gasteiger charge is -2.17. The molecule has 6 aromatic heterocycles. The number of benzene rings is 1. The Morgan fingerprint density at radius 1 is 0.855 bits per heavy atom. The zero-order valence-corrected chi connectivity index (χ0v) is 31.5. The molecule has 2 saturated heterocycles. The average molecular weight is 772 g/mol. The van der Waals surface area contributed by atoms with Crippen LogP contribution in [0.15, 0.2) is 78.5 Å². The zero-order valence-electron chi connectivity index (χ0n) is 30.7. The second-order valence-electron chi connectivity index (χ2n) is 14.3. The molecule has 0 bridgehead atoms. The summed E-state index contributed by atoms with van der Waals surface area (Å²) in [6.45, 7) is 8.51. The Morgan fingerprint density at radius 2 is 1.55 bits per heavy atom. The van der Waals surface area contributed by atoms with Crippen molar-refractivity contribution in [2.45, 2.75) is 56.8 Å². The molecule has 2 fully saturated rings. The van der Waals surface area contributed by atoms with Gasteiger partial charge in [0.15, 0.2) is 22.6 Å². The molecule has 0 saturated carbocycles. The molecule has 0 radical (unpaired) electrons. The lowest BCUT2D eigenvalue weighted by molar-refractivity contribution is 0.141. The van der Waals surface area contributed by atoms with Crippen LogP contribution in [-0.4, -0.2) is 96.2 Å². The van der Waals surface area contributed by atoms with Crippen LogP contribution in [0.4, 0.5) is 13.6 Å². The first-order chi connectivity index (χ1) is 26.6. The molecule has 55 heavy (non-hydrogen) atoms. The number of amides is 2. The van der Waals surface area contributed by atoms with Crippen molar-refractivity contribution in [3.05, 3.63) is 90.5 Å². The number of aryl methyl sites for hydroxylation is 1. The molecule has 9 rings (SSSR count). The Balaban J connectivity index is 0.000000156. The third-order valence-corrected chi connectivity index (χ3v) is 12.8. The lowest BCUT2D eigenvalue weighted by atomic mass is 9.91. The highest BCUT2D eigenvalue weighted by Gasteiger charge is 2.37. The minimum atomic E-state index is -3.73. The number of carbonyl (C=O) groups is 1. The summed E-state index contributed by atoms with van der Waals surface area (Å²) in [6, 6.07) is 10.2. The quantitative estimate of drug-likeness (QED) is 0.181. The van der Waals surface area contributed by atoms with E-state index in [9.17, 15) is 22.0 Å². The van der Waals surface area contributed by atoms with E-state index in [1.807, 2.05) is 37.6 Å². The van der Waals surface area contributed by atoms with Crippen LogP contribution >= 0.6 is 0 Å². The maximum absolute atomic E-state index is 13.2. The number of rotatable bonds is 8. The van der Waals surface area contributed by atoms with Crippen LogP contribution in [0.1, 0.15) is 55.5 Å². The van der Waals surface area contributed by atoms with E-state index in [0.29, 0.717) is 30.6 Å². The predicted molar refractivity (Wildman–Crippen MR) is 204 cm³/mol. The van der Waals surface area contributed by atoms with Crippen LogP contribution in [0.5, 0.6) is 0 Å². The fourth-order valence-electron chi connectivity index (χ4n) is 8.15. The topological polar surface area (TPSA) is 160 Å². The summed E-state index contributed by atoms with van der Waals surface area (Å²) in [4.78, 5) is 35.0. The van der Waals surface area contributed by atoms with Crippen LogP contribution < -0.4 is 10.6 Å². The van der Waals surface area contributed by atoms with Crippen LogP contribution in [0, 0.1) is 18.8 Å². The van der Waals surface area contributed by atoms with Crippen molar-refractivity contribution < 1.29 is 22.0 Å². The molecule has 2 aliphatic heterocycles. The van der Waals surface area contributed by atoms with Gasteiger partial charge in [-0.25, -0.2) is 45.9 Å². The molecule has 288 valence electrons. The molecule has 7 aromatic rings. The van der Waals surface area contributed by atoms with Gasteiger partial charge in [0, 0.05) is 67.6 Å². The number of H-pyrrole nitrogens is 1. The van der Waals surface area contributed by atoms with E-state index in [4.69, 9.17) is 0 Å². The third kappa shape index (κ3) is 6.58. The molecule has 1 aromatic carbocycles. The minimum Gasteiger partial charge on any atom is -0.345 e. The van der Waals surface area contributed by atoms with Gasteiger partial charge >= 0.3 is 6.03 Å². The van der Waals surface area contributed by atoms with Gasteiger partial charge in [0.2, 0.25) is 0 Å². The highest BCUT2D eigenvalue weighted by Crippen LogP contribution is 2.36. The number of nitrogens with one attached hydrogen (secondary N) is 3. The molecule has 2 aliphatic rings. The lowest BCUT2D eigenvalue weighted by Crippen LogP contribution is -2.40. The first-order valence-electron chi connectivity index (χ1n) is 18.6. The summed E-state index contributed by atoms with van der Waals surface area (Å²) in [5, 5.41) is 5.77. The summed E-state index contributed by atoms with van der Waals surface area (Å²) >= 11 is 0. The van der Waals surface area contributed by atoms with Crippen LogP contribution in [0.2, 0.25) is 0 Å². The molecular formula is C38H43F2N11O3S. The van der Waals surface area contributed by atoms with Gasteiger partial charge in [-0.05, 0) is 49.6 Å². The summed E-state index contributed by atoms with van der Waals surface area (Å²) in [6.07, 6.45) is 9.94. The number of hydrogen-bond donors (Lipinski definition) is 3. The maximum atomic E-state index is 13.2. The van der Waals surface area contributed by atoms with Gasteiger partial charge in [-0.2, -0.15) is 0 Å². The van der Waals surface area contributed by atoms with Crippen LogP contribution in [-0.2, 0) is 10.0 Å². The molecule has 3 N–H and O–H groups in total. The first-order valence-corrected chi connectivity index (χ1v) is 20.0. The molecule has 4 atom stereocenters. The standard InChI is InChI=1S/C21H23N5O2S.C17H20F2N6O/c1-3-15-10-22-11-17(15)19-12-23-20-13-24-21-18(26(19)20)8-9-25(21)29(27,28)16-6-4-14(2)5-7-16;1-2-10-8-24(17(26)23-6-14(18)19)9-11(10)13-5-21-15-7-22-16-12(25(13)15)3-4-20-16/h4-9,12-13,15,17,22H,3,10-11H2,1-2H3;3-5,7,10-11,14,20H,2,6,8-9H2,1H3,(H,23,26)/t15-,17+;10-,11+/m11/s1. The maximum Gasteiger partial charge on any atom is 0.317 e. The van der Waals surface area contributed by atoms with Gasteiger partial charge in [0.1, 0.15) is 0 Å². The molecule has 0 unspecified atom stereocenters. The number of halogens is 2. The zero-order chi connectivity index (χ0) is 38.4. The van der Waals surface area contributed by atoms with Gasteiger partial charge in [-0.1, -0.05) is 44.4 Å². The van der Waals surface area contributed by atoms with Crippen LogP contribution in [0.25, 0.3) is 33.6 Å². The molecule has 2 amide bonds. The van der Waals surface area contributed by atoms with E-state index in [1.54, 1.807) is 47.8 Å². The van der Waals surface area contributed by atoms with Crippen molar-refractivity contribution in [1.29, 1.82) is 0 Å². The summed E-state index contributed by atoms with van der Waals surface area (Å²) in [5.74, 6) is 1.22. The Labute approximate surface area is 316 Å². The largest absolute Gasteiger partial charge is 0.345 e. The molecule has 0 spiro atoms. The normalized spacial score (nSPS) is 20.3. The third-order valence-electron chi connectivity index (χ3n) is 11.1. The number of urea groups is 1. The number of likely N-dealkylation sites (tertiary alicyclic amines) is 1. The Kier molecular flexibility index (Phi) is 9.75. The number of imidazole rings is 2. The van der Waals surface area contributed by atoms with Crippen molar-refractivity contribution in [3.8, 4) is 0 Å².